The van der Waals surface area contributed by atoms with E-state index in [2.05, 4.69) is 31.0 Å². The van der Waals surface area contributed by atoms with Gasteiger partial charge >= 0.3 is 373 Å². The van der Waals surface area contributed by atoms with Crippen molar-refractivity contribution < 1.29 is 149 Å². The third kappa shape index (κ3) is 73.0. The van der Waals surface area contributed by atoms with Gasteiger partial charge in [-0.05, 0) is 19.7 Å². The van der Waals surface area contributed by atoms with Crippen LogP contribution < -0.4 is 21.3 Å². The summed E-state index contributed by atoms with van der Waals surface area (Å²) in [6, 6.07) is 0. The van der Waals surface area contributed by atoms with Crippen molar-refractivity contribution >= 4 is 137 Å². The summed E-state index contributed by atoms with van der Waals surface area (Å²) in [7, 11) is 3.96. The van der Waals surface area contributed by atoms with Crippen molar-refractivity contribution in [1.29, 1.82) is 0 Å². The van der Waals surface area contributed by atoms with Gasteiger partial charge in [0.25, 0.3) is 11.8 Å². The number of esters is 10. The van der Waals surface area contributed by atoms with Crippen LogP contribution in [-0.2, 0) is 129 Å². The van der Waals surface area contributed by atoms with Gasteiger partial charge in [0.1, 0.15) is 13.2 Å². The van der Waals surface area contributed by atoms with Crippen LogP contribution in [0.5, 0.6) is 0 Å². The van der Waals surface area contributed by atoms with Crippen LogP contribution in [0.1, 0.15) is 307 Å². The molecule has 812 valence electrons. The molecule has 5 amide bonds. The first-order valence-electron chi connectivity index (χ1n) is 51.7. The average Bonchev–Trinajstić information content (AvgIpc) is 0.820. The van der Waals surface area contributed by atoms with Gasteiger partial charge in [-0.2, -0.15) is 0 Å². The van der Waals surface area contributed by atoms with E-state index < -0.39 is 206 Å². The number of carbonyl (C=O) groups excluding carboxylic acids is 15. The van der Waals surface area contributed by atoms with E-state index in [1.54, 1.807) is 27.3 Å². The molecule has 9 atom stereocenters. The van der Waals surface area contributed by atoms with Crippen molar-refractivity contribution in [1.82, 2.24) is 45.4 Å². The van der Waals surface area contributed by atoms with Crippen LogP contribution in [0.25, 0.3) is 0 Å². The van der Waals surface area contributed by atoms with E-state index >= 15 is 0 Å². The van der Waals surface area contributed by atoms with Gasteiger partial charge in [-0.1, -0.05) is 122 Å². The molecule has 0 aliphatic carbocycles. The minimum absolute atomic E-state index is 0.113. The van der Waals surface area contributed by atoms with Crippen LogP contribution in [-0.4, -0.2) is 356 Å². The molecule has 0 radical (unpaired) electrons. The fourth-order valence-corrected chi connectivity index (χ4v) is 15.7. The Morgan fingerprint density at radius 1 is 0.329 bits per heavy atom. The van der Waals surface area contributed by atoms with Crippen LogP contribution in [0.15, 0.2) is 9.89 Å². The summed E-state index contributed by atoms with van der Waals surface area (Å²) in [6.07, 6.45) is 18.5. The zero-order valence-corrected chi connectivity index (χ0v) is 88.8. The molecule has 0 aliphatic rings. The summed E-state index contributed by atoms with van der Waals surface area (Å²) >= 11 is 0. The zero-order chi connectivity index (χ0) is 107. The summed E-state index contributed by atoms with van der Waals surface area (Å²) in [5, 5.41) is 51.1. The first-order chi connectivity index (χ1) is 68.0. The predicted molar refractivity (Wildman–Crippen MR) is 542 cm³/mol. The minimum atomic E-state index is -2.21. The second-order valence-electron chi connectivity index (χ2n) is 36.7. The predicted octanol–water partition coefficient (Wildman–Crippen LogP) is 7.09. The third-order valence-electron chi connectivity index (χ3n) is 23.7. The molecule has 8 N–H and O–H groups in total. The molecule has 0 saturated carbocycles. The fraction of sp³-hybridized carbons (Fsp3) is 0.832. The van der Waals surface area contributed by atoms with Crippen molar-refractivity contribution in [3.8, 4) is 0 Å². The Morgan fingerprint density at radius 2 is 0.664 bits per heavy atom. The normalized spacial score (nSPS) is 13.2. The molecule has 1 unspecified atom stereocenters. The fourth-order valence-electron chi connectivity index (χ4n) is 15.7. The van der Waals surface area contributed by atoms with Crippen LogP contribution in [0, 0.1) is 5.92 Å². The summed E-state index contributed by atoms with van der Waals surface area (Å²) in [5.41, 5.74) is 0.533. The van der Waals surface area contributed by atoms with Gasteiger partial charge in [-0.25, -0.2) is 0 Å². The first kappa shape index (κ1) is 134. The number of hydrogen-bond donors (Lipinski definition) is 8. The molecule has 0 aromatic rings. The summed E-state index contributed by atoms with van der Waals surface area (Å²) in [4.78, 5) is 211. The Kier molecular flexibility index (Phi) is 79.1. The Balaban J connectivity index is 5.28. The maximum atomic E-state index is 14.2. The molecule has 0 aliphatic heterocycles. The first-order valence-corrected chi connectivity index (χ1v) is 51.7. The molecule has 0 bridgehead atoms. The van der Waals surface area contributed by atoms with Gasteiger partial charge in [-0.3, -0.25) is 67.1 Å². The molecule has 0 rings (SSSR count). The molecule has 0 saturated heterocycles. The molecule has 0 heterocycles. The van der Waals surface area contributed by atoms with Crippen LogP contribution in [0.4, 0.5) is 0 Å². The summed E-state index contributed by atoms with van der Waals surface area (Å²) < 4.78 is 70.8. The average molecular weight is 2030 g/mol. The van der Waals surface area contributed by atoms with Crippen molar-refractivity contribution in [3.05, 3.63) is 0 Å². The number of amides is 5. The van der Waals surface area contributed by atoms with E-state index in [-0.39, 0.29) is 18.2 Å². The summed E-state index contributed by atoms with van der Waals surface area (Å²) in [6.45, 7) is 19.6. The zero-order valence-electron chi connectivity index (χ0n) is 88.8. The van der Waals surface area contributed by atoms with E-state index in [0.717, 1.165) is 229 Å². The number of nitrogens with one attached hydrogen (secondary N) is 4. The maximum absolute atomic E-state index is 14.2. The molecular formula is C95H173B6N11O31. The molecule has 48 heteroatoms. The Bertz CT molecular complexity index is 3590. The topological polar surface area (TPSA) is 545 Å². The summed E-state index contributed by atoms with van der Waals surface area (Å²) in [5.74, 6) is -13.9. The van der Waals surface area contributed by atoms with Gasteiger partial charge in [0.05, 0.1) is 0 Å². The molecule has 0 aromatic heterocycles. The quantitative estimate of drug-likeness (QED) is 0.00990. The third-order valence-corrected chi connectivity index (χ3v) is 23.7. The van der Waals surface area contributed by atoms with E-state index in [1.165, 1.54) is 84.3 Å². The Morgan fingerprint density at radius 3 is 1.03 bits per heavy atom. The monoisotopic (exact) mass is 2030 g/mol. The van der Waals surface area contributed by atoms with E-state index in [4.69, 9.17) is 57.0 Å². The van der Waals surface area contributed by atoms with E-state index in [9.17, 15) is 96.7 Å². The number of hydrogen-bond acceptors (Lipinski definition) is 37. The molecule has 0 fully saturated rings. The van der Waals surface area contributed by atoms with Crippen molar-refractivity contribution in [3.63, 3.8) is 0 Å². The molecule has 0 spiro atoms. The number of ether oxygens (including phenoxy) is 10. The number of unbranched alkanes of at least 4 members (excludes halogenated alkanes) is 26. The second-order valence-corrected chi connectivity index (χ2v) is 36.7. The molecule has 42 nitrogen and oxygen atoms in total. The van der Waals surface area contributed by atoms with Crippen LogP contribution in [0.2, 0.25) is 27.3 Å². The van der Waals surface area contributed by atoms with Gasteiger partial charge in [0.15, 0.2) is 36.6 Å². The number of aliphatic imine (C=N–C) groups is 1. The number of carbonyl (C=O) groups is 15. The molecular weight excluding hydrogens is 1860 g/mol. The van der Waals surface area contributed by atoms with Crippen molar-refractivity contribution in [2.45, 2.75) is 383 Å². The van der Waals surface area contributed by atoms with E-state index in [0.29, 0.717) is 77.3 Å². The van der Waals surface area contributed by atoms with Crippen molar-refractivity contribution in [2.75, 3.05) is 126 Å². The van der Waals surface area contributed by atoms with Crippen LogP contribution in [0.3, 0.4) is 0 Å². The molecule has 143 heavy (non-hydrogen) atoms. The number of nitrogens with zero attached hydrogens (tertiary/aromatic N) is 7. The van der Waals surface area contributed by atoms with Gasteiger partial charge in [-0.15, -0.1) is 0 Å². The molecule has 0 aromatic carbocycles. The SMILES string of the molecule is CB(O)N(C)CCCN(CCCCCOB=NCC(CCCCCCNC(=O)CCCCCCCCCCCCCCCCCCCCCCCNC(=O)CCC(=O)N(CCNC(=O)[C@@H](OC(C)=O)[C@H](OC(C)=O)[C@@H](OC(C)=O)[C@@H](COC(C)=O)OC(C)=O)CCNC(=O)[C@H](OC(C)=O)[C@@H](OC(C)=O)[C@H](OC(C)=O)[C@H](COC(C)=O)OC(C)=O)CN=C(B=O)CCCCN(CCCN(C)B(C)O)B(C)O)B(C)O. The van der Waals surface area contributed by atoms with Crippen molar-refractivity contribution in [2.24, 2.45) is 15.8 Å². The van der Waals surface area contributed by atoms with Crippen LogP contribution >= 0.6 is 0 Å². The Hall–Kier alpha value is -8.81. The van der Waals surface area contributed by atoms with Gasteiger partial charge in [0, 0.05) is 115 Å². The van der Waals surface area contributed by atoms with Gasteiger partial charge in [0.2, 0.25) is 24.0 Å². The number of rotatable bonds is 89. The van der Waals surface area contributed by atoms with Gasteiger partial charge < -0.3 is 73.2 Å². The standard InChI is InChI=1S/C95H173B6N11O31/c1-71(113)133-69-82(136-73(3)115)88(138-75(5)117)90(140-77(7)119)92(142-79(9)121)94(126)104-56-64-110(65-57-105-95(127)93(143-80(10)122)91(141-78(8)120)89(139-76(6)118)83(137-74(4)116)70-134-72(2)114)87(125)53-52-86(124)103-55-42-36-33-31-29-27-25-23-21-19-17-18-20-22-24-26-28-30-32-34-40-51-85(123)102-54-43-37-35-39-49-81(67-106-84(96-128)50-41-45-61-112(101(14)132)63-48-59-109(16)99(12)130)68-107-97-135-66-46-38-44-60-111(100(13)131)62-47-58-108(15)98(11)129/h81-83,88-93,129-132H,17-70H2,1-16H3,(H,102,123)(H,103,124)(H,104,126)(H,105,127)/t81?,82-,83+,88+,89-,90-,91+,92+,93-. The van der Waals surface area contributed by atoms with E-state index in [1.807, 2.05) is 28.5 Å². The Labute approximate surface area is 851 Å². The second kappa shape index (κ2) is 84.3.